The summed E-state index contributed by atoms with van der Waals surface area (Å²) in [6.45, 7) is 5.78. The van der Waals surface area contributed by atoms with Crippen molar-refractivity contribution < 1.29 is 9.53 Å². The third kappa shape index (κ3) is 3.37. The quantitative estimate of drug-likeness (QED) is 0.746. The average Bonchev–Trinajstić information content (AvgIpc) is 2.90. The maximum atomic E-state index is 12.4. The van der Waals surface area contributed by atoms with Crippen molar-refractivity contribution in [3.63, 3.8) is 0 Å². The summed E-state index contributed by atoms with van der Waals surface area (Å²) in [4.78, 5) is 14.4. The van der Waals surface area contributed by atoms with Crippen LogP contribution in [0.4, 0.5) is 0 Å². The molecular weight excluding hydrogens is 252 g/mol. The Labute approximate surface area is 120 Å². The third-order valence-corrected chi connectivity index (χ3v) is 3.60. The first-order valence-corrected chi connectivity index (χ1v) is 7.01. The second-order valence-corrected chi connectivity index (χ2v) is 5.32. The number of hydrogen-bond acceptors (Lipinski definition) is 4. The Kier molecular flexibility index (Phi) is 4.75. The number of nitriles is 1. The Morgan fingerprint density at radius 1 is 1.50 bits per heavy atom. The van der Waals surface area contributed by atoms with Gasteiger partial charge in [-0.2, -0.15) is 5.26 Å². The molecule has 1 aromatic carbocycles. The van der Waals surface area contributed by atoms with Gasteiger partial charge < -0.3 is 4.74 Å². The molecule has 4 heteroatoms. The number of carbonyl (C=O) groups is 1. The van der Waals surface area contributed by atoms with Crippen molar-refractivity contribution in [3.8, 4) is 11.8 Å². The van der Waals surface area contributed by atoms with Crippen LogP contribution < -0.4 is 4.74 Å². The molecule has 0 bridgehead atoms. The molecule has 0 saturated heterocycles. The van der Waals surface area contributed by atoms with Gasteiger partial charge in [-0.05, 0) is 37.6 Å². The predicted molar refractivity (Wildman–Crippen MR) is 76.9 cm³/mol. The van der Waals surface area contributed by atoms with Crippen LogP contribution in [0.2, 0.25) is 0 Å². The van der Waals surface area contributed by atoms with E-state index in [9.17, 15) is 4.79 Å². The molecular formula is C16H20N2O2. The highest BCUT2D eigenvalue weighted by atomic mass is 16.5. The summed E-state index contributed by atoms with van der Waals surface area (Å²) in [5.74, 6) is 0.998. The van der Waals surface area contributed by atoms with Gasteiger partial charge in [-0.1, -0.05) is 0 Å². The number of rotatable bonds is 6. The van der Waals surface area contributed by atoms with Gasteiger partial charge in [-0.25, -0.2) is 0 Å². The van der Waals surface area contributed by atoms with E-state index in [1.807, 2.05) is 36.9 Å². The van der Waals surface area contributed by atoms with Gasteiger partial charge in [0, 0.05) is 31.0 Å². The number of hydrogen-bond donors (Lipinski definition) is 0. The molecule has 2 rings (SSSR count). The van der Waals surface area contributed by atoms with Gasteiger partial charge in [-0.3, -0.25) is 9.69 Å². The summed E-state index contributed by atoms with van der Waals surface area (Å²) in [6, 6.07) is 8.03. The fourth-order valence-electron chi connectivity index (χ4n) is 2.35. The molecule has 0 spiro atoms. The van der Waals surface area contributed by atoms with E-state index in [1.165, 1.54) is 0 Å². The lowest BCUT2D eigenvalue weighted by Gasteiger charge is -2.24. The number of Topliss-reactive ketones (excluding diaryl/α,β-unsaturated/α-hetero) is 1. The fourth-order valence-corrected chi connectivity index (χ4v) is 2.35. The van der Waals surface area contributed by atoms with E-state index in [0.29, 0.717) is 26.1 Å². The van der Waals surface area contributed by atoms with Crippen LogP contribution in [0.3, 0.4) is 0 Å². The normalized spacial score (nSPS) is 13.2. The van der Waals surface area contributed by atoms with Gasteiger partial charge in [0.05, 0.1) is 19.2 Å². The van der Waals surface area contributed by atoms with Crippen LogP contribution in [0.1, 0.15) is 36.2 Å². The zero-order valence-electron chi connectivity index (χ0n) is 12.1. The van der Waals surface area contributed by atoms with E-state index in [0.717, 1.165) is 23.3 Å². The standard InChI is InChI=1S/C16H20N2O2/c1-12(2)18(8-3-7-17)11-15(19)13-4-5-16-14(10-13)6-9-20-16/h4-5,10,12H,3,6,8-9,11H2,1-2H3. The highest BCUT2D eigenvalue weighted by molar-refractivity contribution is 5.98. The van der Waals surface area contributed by atoms with Crippen LogP contribution in [0.15, 0.2) is 18.2 Å². The second-order valence-electron chi connectivity index (χ2n) is 5.32. The highest BCUT2D eigenvalue weighted by Gasteiger charge is 2.18. The first kappa shape index (κ1) is 14.5. The molecule has 0 N–H and O–H groups in total. The molecule has 20 heavy (non-hydrogen) atoms. The van der Waals surface area contributed by atoms with Gasteiger partial charge >= 0.3 is 0 Å². The number of fused-ring (bicyclic) bond motifs is 1. The topological polar surface area (TPSA) is 53.3 Å². The van der Waals surface area contributed by atoms with Crippen molar-refractivity contribution in [1.29, 1.82) is 5.26 Å². The van der Waals surface area contributed by atoms with E-state index in [1.54, 1.807) is 0 Å². The number of benzene rings is 1. The average molecular weight is 272 g/mol. The Balaban J connectivity index is 2.05. The fraction of sp³-hybridized carbons (Fsp3) is 0.500. The summed E-state index contributed by atoms with van der Waals surface area (Å²) in [5, 5.41) is 8.68. The zero-order valence-corrected chi connectivity index (χ0v) is 12.1. The lowest BCUT2D eigenvalue weighted by Crippen LogP contribution is -2.36. The van der Waals surface area contributed by atoms with E-state index in [4.69, 9.17) is 10.00 Å². The minimum Gasteiger partial charge on any atom is -0.493 e. The van der Waals surface area contributed by atoms with Crippen molar-refractivity contribution in [3.05, 3.63) is 29.3 Å². The van der Waals surface area contributed by atoms with Crippen LogP contribution in [-0.2, 0) is 6.42 Å². The number of carbonyl (C=O) groups excluding carboxylic acids is 1. The first-order chi connectivity index (χ1) is 9.61. The van der Waals surface area contributed by atoms with Gasteiger partial charge in [-0.15, -0.1) is 0 Å². The smallest absolute Gasteiger partial charge is 0.176 e. The van der Waals surface area contributed by atoms with E-state index in [2.05, 4.69) is 6.07 Å². The molecule has 0 atom stereocenters. The Morgan fingerprint density at radius 3 is 3.00 bits per heavy atom. The predicted octanol–water partition coefficient (Wildman–Crippen LogP) is 2.43. The van der Waals surface area contributed by atoms with E-state index < -0.39 is 0 Å². The Hall–Kier alpha value is -1.86. The van der Waals surface area contributed by atoms with Crippen molar-refractivity contribution in [1.82, 2.24) is 4.90 Å². The molecule has 0 radical (unpaired) electrons. The maximum absolute atomic E-state index is 12.4. The van der Waals surface area contributed by atoms with Crippen LogP contribution in [0.5, 0.6) is 5.75 Å². The third-order valence-electron chi connectivity index (χ3n) is 3.60. The molecule has 1 aliphatic rings. The molecule has 0 aromatic heterocycles. The van der Waals surface area contributed by atoms with Crippen molar-refractivity contribution in [2.24, 2.45) is 0 Å². The lowest BCUT2D eigenvalue weighted by molar-refractivity contribution is 0.0908. The minimum absolute atomic E-state index is 0.103. The second kappa shape index (κ2) is 6.53. The summed E-state index contributed by atoms with van der Waals surface area (Å²) in [6.07, 6.45) is 1.32. The summed E-state index contributed by atoms with van der Waals surface area (Å²) < 4.78 is 5.45. The molecule has 4 nitrogen and oxygen atoms in total. The molecule has 1 heterocycles. The molecule has 106 valence electrons. The molecule has 1 aliphatic heterocycles. The van der Waals surface area contributed by atoms with Gasteiger partial charge in [0.2, 0.25) is 0 Å². The highest BCUT2D eigenvalue weighted by Crippen LogP contribution is 2.26. The summed E-state index contributed by atoms with van der Waals surface area (Å²) in [7, 11) is 0. The summed E-state index contributed by atoms with van der Waals surface area (Å²) >= 11 is 0. The van der Waals surface area contributed by atoms with Crippen LogP contribution >= 0.6 is 0 Å². The SMILES string of the molecule is CC(C)N(CCC#N)CC(=O)c1ccc2c(c1)CCO2. The molecule has 0 amide bonds. The van der Waals surface area contributed by atoms with Crippen molar-refractivity contribution in [2.75, 3.05) is 19.7 Å². The van der Waals surface area contributed by atoms with Gasteiger partial charge in [0.25, 0.3) is 0 Å². The van der Waals surface area contributed by atoms with Crippen LogP contribution in [0.25, 0.3) is 0 Å². The Bertz CT molecular complexity index is 532. The number of ether oxygens (including phenoxy) is 1. The van der Waals surface area contributed by atoms with Crippen molar-refractivity contribution >= 4 is 5.78 Å². The van der Waals surface area contributed by atoms with Crippen LogP contribution in [-0.4, -0.2) is 36.4 Å². The molecule has 0 unspecified atom stereocenters. The molecule has 1 aromatic rings. The summed E-state index contributed by atoms with van der Waals surface area (Å²) in [5.41, 5.74) is 1.85. The largest absolute Gasteiger partial charge is 0.493 e. The minimum atomic E-state index is 0.103. The number of nitrogens with zero attached hydrogens (tertiary/aromatic N) is 2. The van der Waals surface area contributed by atoms with Gasteiger partial charge in [0.15, 0.2) is 5.78 Å². The van der Waals surface area contributed by atoms with E-state index >= 15 is 0 Å². The lowest BCUT2D eigenvalue weighted by atomic mass is 10.0. The maximum Gasteiger partial charge on any atom is 0.176 e. The van der Waals surface area contributed by atoms with Crippen LogP contribution in [0, 0.1) is 11.3 Å². The Morgan fingerprint density at radius 2 is 2.30 bits per heavy atom. The van der Waals surface area contributed by atoms with E-state index in [-0.39, 0.29) is 11.8 Å². The number of ketones is 1. The molecule has 0 saturated carbocycles. The zero-order chi connectivity index (χ0) is 14.5. The molecule has 0 aliphatic carbocycles. The monoisotopic (exact) mass is 272 g/mol. The van der Waals surface area contributed by atoms with Gasteiger partial charge in [0.1, 0.15) is 5.75 Å². The van der Waals surface area contributed by atoms with Crippen molar-refractivity contribution in [2.45, 2.75) is 32.7 Å². The first-order valence-electron chi connectivity index (χ1n) is 7.01. The molecule has 0 fully saturated rings.